The van der Waals surface area contributed by atoms with Gasteiger partial charge < -0.3 is 15.4 Å². The van der Waals surface area contributed by atoms with Gasteiger partial charge >= 0.3 is 0 Å². The van der Waals surface area contributed by atoms with Gasteiger partial charge in [0.15, 0.2) is 0 Å². The smallest absolute Gasteiger partial charge is 0.221 e. The molecule has 0 spiro atoms. The zero-order valence-corrected chi connectivity index (χ0v) is 13.7. The van der Waals surface area contributed by atoms with Crippen molar-refractivity contribution >= 4 is 29.9 Å². The van der Waals surface area contributed by atoms with E-state index in [0.29, 0.717) is 29.8 Å². The molecule has 0 aliphatic carbocycles. The highest BCUT2D eigenvalue weighted by molar-refractivity contribution is 6.32. The van der Waals surface area contributed by atoms with Crippen LogP contribution in [0, 0.1) is 0 Å². The minimum atomic E-state index is -0.115. The van der Waals surface area contributed by atoms with Gasteiger partial charge in [-0.05, 0) is 38.4 Å². The molecule has 6 heteroatoms. The summed E-state index contributed by atoms with van der Waals surface area (Å²) in [4.78, 5) is 11.8. The zero-order chi connectivity index (χ0) is 14.4. The largest absolute Gasteiger partial charge is 0.487 e. The quantitative estimate of drug-likeness (QED) is 0.842. The molecule has 1 amide bonds. The number of benzene rings is 1. The molecule has 2 rings (SSSR count). The van der Waals surface area contributed by atoms with Gasteiger partial charge in [0.1, 0.15) is 11.9 Å². The van der Waals surface area contributed by atoms with Gasteiger partial charge in [-0.2, -0.15) is 0 Å². The number of para-hydroxylation sites is 1. The monoisotopic (exact) mass is 332 g/mol. The molecule has 1 saturated heterocycles. The lowest BCUT2D eigenvalue weighted by molar-refractivity contribution is -0.121. The average molecular weight is 333 g/mol. The second kappa shape index (κ2) is 9.13. The van der Waals surface area contributed by atoms with Crippen LogP contribution in [0.4, 0.5) is 0 Å². The van der Waals surface area contributed by atoms with Gasteiger partial charge in [0.05, 0.1) is 11.6 Å². The molecule has 1 heterocycles. The standard InChI is InChI=1S/C15H21ClN2O2.ClH/c1-11(20-14-7-3-2-6-13(14)16)10-18-15(19)9-12-5-4-8-17-12;/h2-3,6-7,11-12,17H,4-5,8-10H2,1H3,(H,18,19);1H. The Kier molecular flexibility index (Phi) is 7.86. The SMILES string of the molecule is CC(CNC(=O)CC1CCCN1)Oc1ccccc1Cl.Cl. The molecule has 1 fully saturated rings. The second-order valence-corrected chi connectivity index (χ2v) is 5.57. The molecule has 0 radical (unpaired) electrons. The number of hydrogen-bond acceptors (Lipinski definition) is 3. The number of nitrogens with one attached hydrogen (secondary N) is 2. The molecular formula is C15H22Cl2N2O2. The first kappa shape index (κ1) is 18.1. The van der Waals surface area contributed by atoms with Crippen molar-refractivity contribution in [2.75, 3.05) is 13.1 Å². The normalized spacial score (nSPS) is 18.7. The lowest BCUT2D eigenvalue weighted by atomic mass is 10.1. The van der Waals surface area contributed by atoms with E-state index in [9.17, 15) is 4.79 Å². The van der Waals surface area contributed by atoms with Crippen molar-refractivity contribution < 1.29 is 9.53 Å². The highest BCUT2D eigenvalue weighted by atomic mass is 35.5. The molecule has 1 aromatic carbocycles. The van der Waals surface area contributed by atoms with Crippen LogP contribution >= 0.6 is 24.0 Å². The van der Waals surface area contributed by atoms with E-state index in [1.165, 1.54) is 0 Å². The highest BCUT2D eigenvalue weighted by Crippen LogP contribution is 2.24. The lowest BCUT2D eigenvalue weighted by Gasteiger charge is -2.17. The highest BCUT2D eigenvalue weighted by Gasteiger charge is 2.18. The number of rotatable bonds is 6. The van der Waals surface area contributed by atoms with Crippen molar-refractivity contribution in [1.82, 2.24) is 10.6 Å². The predicted molar refractivity (Wildman–Crippen MR) is 87.4 cm³/mol. The van der Waals surface area contributed by atoms with E-state index in [2.05, 4.69) is 10.6 Å². The number of carbonyl (C=O) groups is 1. The van der Waals surface area contributed by atoms with E-state index in [1.807, 2.05) is 25.1 Å². The summed E-state index contributed by atoms with van der Waals surface area (Å²) in [5.74, 6) is 0.715. The molecule has 2 atom stereocenters. The van der Waals surface area contributed by atoms with Gasteiger partial charge in [-0.1, -0.05) is 23.7 Å². The number of amides is 1. The number of halogens is 2. The molecule has 0 saturated carbocycles. The maximum Gasteiger partial charge on any atom is 0.221 e. The topological polar surface area (TPSA) is 50.4 Å². The summed E-state index contributed by atoms with van der Waals surface area (Å²) in [6.45, 7) is 3.41. The van der Waals surface area contributed by atoms with Gasteiger partial charge in [-0.25, -0.2) is 0 Å². The summed E-state index contributed by atoms with van der Waals surface area (Å²) in [6, 6.07) is 7.67. The summed E-state index contributed by atoms with van der Waals surface area (Å²) in [5, 5.41) is 6.80. The van der Waals surface area contributed by atoms with Crippen molar-refractivity contribution in [3.05, 3.63) is 29.3 Å². The first-order chi connectivity index (χ1) is 9.65. The van der Waals surface area contributed by atoms with Crippen LogP contribution in [0.5, 0.6) is 5.75 Å². The Morgan fingerprint density at radius 2 is 2.29 bits per heavy atom. The predicted octanol–water partition coefficient (Wildman–Crippen LogP) is 2.79. The second-order valence-electron chi connectivity index (χ2n) is 5.16. The summed E-state index contributed by atoms with van der Waals surface area (Å²) < 4.78 is 5.70. The molecule has 0 aromatic heterocycles. The third kappa shape index (κ3) is 6.12. The fraction of sp³-hybridized carbons (Fsp3) is 0.533. The van der Waals surface area contributed by atoms with Crippen LogP contribution in [0.25, 0.3) is 0 Å². The molecule has 118 valence electrons. The van der Waals surface area contributed by atoms with Crippen molar-refractivity contribution in [1.29, 1.82) is 0 Å². The molecule has 2 N–H and O–H groups in total. The Bertz CT molecular complexity index is 451. The van der Waals surface area contributed by atoms with Crippen LogP contribution in [0.2, 0.25) is 5.02 Å². The van der Waals surface area contributed by atoms with E-state index >= 15 is 0 Å². The summed E-state index contributed by atoms with van der Waals surface area (Å²) in [7, 11) is 0. The van der Waals surface area contributed by atoms with Crippen molar-refractivity contribution in [3.63, 3.8) is 0 Å². The van der Waals surface area contributed by atoms with Crippen LogP contribution in [0.15, 0.2) is 24.3 Å². The molecule has 4 nitrogen and oxygen atoms in total. The third-order valence-electron chi connectivity index (χ3n) is 3.35. The van der Waals surface area contributed by atoms with Crippen LogP contribution in [-0.4, -0.2) is 31.1 Å². The molecule has 2 unspecified atom stereocenters. The molecule has 1 aliphatic heterocycles. The Morgan fingerprint density at radius 1 is 1.52 bits per heavy atom. The van der Waals surface area contributed by atoms with Gasteiger partial charge in [0.2, 0.25) is 5.91 Å². The number of carbonyl (C=O) groups excluding carboxylic acids is 1. The fourth-order valence-corrected chi connectivity index (χ4v) is 2.46. The van der Waals surface area contributed by atoms with E-state index < -0.39 is 0 Å². The van der Waals surface area contributed by atoms with E-state index in [4.69, 9.17) is 16.3 Å². The molecule has 21 heavy (non-hydrogen) atoms. The van der Waals surface area contributed by atoms with Crippen LogP contribution in [0.1, 0.15) is 26.2 Å². The summed E-state index contributed by atoms with van der Waals surface area (Å²) >= 11 is 6.02. The number of ether oxygens (including phenoxy) is 1. The van der Waals surface area contributed by atoms with E-state index in [0.717, 1.165) is 19.4 Å². The molecule has 1 aromatic rings. The summed E-state index contributed by atoms with van der Waals surface area (Å²) in [5.41, 5.74) is 0. The Hall–Kier alpha value is -0.970. The maximum absolute atomic E-state index is 11.8. The first-order valence-corrected chi connectivity index (χ1v) is 7.44. The minimum Gasteiger partial charge on any atom is -0.487 e. The minimum absolute atomic E-state index is 0. The lowest BCUT2D eigenvalue weighted by Crippen LogP contribution is -2.37. The first-order valence-electron chi connectivity index (χ1n) is 7.06. The zero-order valence-electron chi connectivity index (χ0n) is 12.1. The Balaban J connectivity index is 0.00000220. The van der Waals surface area contributed by atoms with Crippen LogP contribution in [0.3, 0.4) is 0 Å². The Morgan fingerprint density at radius 3 is 2.95 bits per heavy atom. The van der Waals surface area contributed by atoms with Crippen molar-refractivity contribution in [2.24, 2.45) is 0 Å². The molecule has 1 aliphatic rings. The fourth-order valence-electron chi connectivity index (χ4n) is 2.28. The van der Waals surface area contributed by atoms with Gasteiger partial charge in [0.25, 0.3) is 0 Å². The molecular weight excluding hydrogens is 311 g/mol. The van der Waals surface area contributed by atoms with Gasteiger partial charge in [-0.3, -0.25) is 4.79 Å². The maximum atomic E-state index is 11.8. The van der Waals surface area contributed by atoms with E-state index in [1.54, 1.807) is 6.07 Å². The number of hydrogen-bond donors (Lipinski definition) is 2. The summed E-state index contributed by atoms with van der Waals surface area (Å²) in [6.07, 6.45) is 2.66. The van der Waals surface area contributed by atoms with Crippen LogP contribution < -0.4 is 15.4 Å². The van der Waals surface area contributed by atoms with E-state index in [-0.39, 0.29) is 24.4 Å². The van der Waals surface area contributed by atoms with Crippen LogP contribution in [-0.2, 0) is 4.79 Å². The third-order valence-corrected chi connectivity index (χ3v) is 3.66. The van der Waals surface area contributed by atoms with Crippen molar-refractivity contribution in [2.45, 2.75) is 38.3 Å². The van der Waals surface area contributed by atoms with Gasteiger partial charge in [0, 0.05) is 12.5 Å². The average Bonchev–Trinajstić information content (AvgIpc) is 2.92. The van der Waals surface area contributed by atoms with Crippen molar-refractivity contribution in [3.8, 4) is 5.75 Å². The molecule has 0 bridgehead atoms. The Labute approximate surface area is 137 Å². The van der Waals surface area contributed by atoms with Gasteiger partial charge in [-0.15, -0.1) is 12.4 Å².